The van der Waals surface area contributed by atoms with E-state index in [1.54, 1.807) is 11.3 Å². The van der Waals surface area contributed by atoms with Gasteiger partial charge in [-0.25, -0.2) is 0 Å². The Morgan fingerprint density at radius 2 is 2.25 bits per heavy atom. The minimum atomic E-state index is 0.0273. The lowest BCUT2D eigenvalue weighted by Gasteiger charge is -2.04. The summed E-state index contributed by atoms with van der Waals surface area (Å²) in [5, 5.41) is 18.2. The first kappa shape index (κ1) is 12.0. The molecule has 0 aliphatic rings. The van der Waals surface area contributed by atoms with Crippen molar-refractivity contribution >= 4 is 39.0 Å². The maximum atomic E-state index is 9.26. The summed E-state index contributed by atoms with van der Waals surface area (Å²) in [5.41, 5.74) is 0.896. The molecule has 16 heavy (non-hydrogen) atoms. The lowest BCUT2D eigenvalue weighted by atomic mass is 10.2. The van der Waals surface area contributed by atoms with Crippen LogP contribution in [0.25, 0.3) is 0 Å². The molecule has 0 bridgehead atoms. The zero-order chi connectivity index (χ0) is 11.5. The first-order valence-corrected chi connectivity index (χ1v) is 6.99. The van der Waals surface area contributed by atoms with Crippen LogP contribution in [0.2, 0.25) is 0 Å². The molecular weight excluding hydrogens is 308 g/mol. The molecule has 1 aromatic carbocycles. The second kappa shape index (κ2) is 5.27. The Morgan fingerprint density at radius 3 is 2.88 bits per heavy atom. The molecule has 0 fully saturated rings. The molecule has 0 atom stereocenters. The van der Waals surface area contributed by atoms with Crippen molar-refractivity contribution in [2.75, 3.05) is 0 Å². The van der Waals surface area contributed by atoms with E-state index >= 15 is 0 Å². The van der Waals surface area contributed by atoms with Gasteiger partial charge in [-0.1, -0.05) is 39.0 Å². The van der Waals surface area contributed by atoms with Crippen molar-refractivity contribution in [3.8, 4) is 0 Å². The molecule has 1 N–H and O–H groups in total. The quantitative estimate of drug-likeness (QED) is 0.944. The Kier molecular flexibility index (Phi) is 3.96. The van der Waals surface area contributed by atoms with Gasteiger partial charge in [0, 0.05) is 9.37 Å². The van der Waals surface area contributed by atoms with Crippen molar-refractivity contribution in [1.82, 2.24) is 10.2 Å². The van der Waals surface area contributed by atoms with E-state index in [9.17, 15) is 5.11 Å². The van der Waals surface area contributed by atoms with E-state index in [4.69, 9.17) is 0 Å². The van der Waals surface area contributed by atoms with Crippen LogP contribution in [0, 0.1) is 6.92 Å². The molecule has 0 saturated carbocycles. The molecular formula is C10H9BrN2OS2. The van der Waals surface area contributed by atoms with Gasteiger partial charge in [0.1, 0.15) is 5.01 Å². The summed E-state index contributed by atoms with van der Waals surface area (Å²) in [6.07, 6.45) is 0. The Morgan fingerprint density at radius 1 is 1.44 bits per heavy atom. The fourth-order valence-corrected chi connectivity index (χ4v) is 3.47. The topological polar surface area (TPSA) is 46.0 Å². The minimum Gasteiger partial charge on any atom is -0.392 e. The normalized spacial score (nSPS) is 10.7. The van der Waals surface area contributed by atoms with Gasteiger partial charge in [-0.05, 0) is 30.7 Å². The van der Waals surface area contributed by atoms with Gasteiger partial charge in [0.2, 0.25) is 0 Å². The molecule has 2 aromatic rings. The van der Waals surface area contributed by atoms with Crippen LogP contribution in [0.4, 0.5) is 0 Å². The highest BCUT2D eigenvalue weighted by molar-refractivity contribution is 9.10. The van der Waals surface area contributed by atoms with E-state index in [2.05, 4.69) is 26.1 Å². The number of rotatable bonds is 3. The molecule has 0 spiro atoms. The highest BCUT2D eigenvalue weighted by atomic mass is 79.9. The summed E-state index contributed by atoms with van der Waals surface area (Å²) in [6, 6.07) is 5.84. The van der Waals surface area contributed by atoms with Crippen molar-refractivity contribution in [2.45, 2.75) is 22.8 Å². The van der Waals surface area contributed by atoms with Crippen molar-refractivity contribution < 1.29 is 5.11 Å². The van der Waals surface area contributed by atoms with Gasteiger partial charge in [-0.15, -0.1) is 10.2 Å². The van der Waals surface area contributed by atoms with Crippen molar-refractivity contribution in [2.24, 2.45) is 0 Å². The van der Waals surface area contributed by atoms with Gasteiger partial charge in [0.25, 0.3) is 0 Å². The molecule has 1 heterocycles. The summed E-state index contributed by atoms with van der Waals surface area (Å²) in [6.45, 7) is 1.95. The molecule has 3 nitrogen and oxygen atoms in total. The van der Waals surface area contributed by atoms with Crippen LogP contribution in [-0.2, 0) is 6.61 Å². The maximum absolute atomic E-state index is 9.26. The SMILES string of the molecule is Cc1nnc(Sc2ccc(Br)cc2CO)s1. The van der Waals surface area contributed by atoms with Crippen molar-refractivity contribution in [1.29, 1.82) is 0 Å². The third-order valence-electron chi connectivity index (χ3n) is 1.90. The Hall–Kier alpha value is -0.430. The fourth-order valence-electron chi connectivity index (χ4n) is 1.18. The lowest BCUT2D eigenvalue weighted by molar-refractivity contribution is 0.279. The van der Waals surface area contributed by atoms with Gasteiger partial charge in [0.05, 0.1) is 6.61 Å². The summed E-state index contributed by atoms with van der Waals surface area (Å²) in [4.78, 5) is 1.02. The number of aryl methyl sites for hydroxylation is 1. The van der Waals surface area contributed by atoms with E-state index in [-0.39, 0.29) is 6.61 Å². The van der Waals surface area contributed by atoms with Crippen LogP contribution < -0.4 is 0 Å². The first-order valence-electron chi connectivity index (χ1n) is 4.56. The molecule has 0 aliphatic carbocycles. The number of aliphatic hydroxyl groups excluding tert-OH is 1. The average Bonchev–Trinajstić information content (AvgIpc) is 2.67. The summed E-state index contributed by atoms with van der Waals surface area (Å²) in [7, 11) is 0. The van der Waals surface area contributed by atoms with E-state index in [1.807, 2.05) is 25.1 Å². The summed E-state index contributed by atoms with van der Waals surface area (Å²) < 4.78 is 1.86. The van der Waals surface area contributed by atoms with Crippen molar-refractivity contribution in [3.05, 3.63) is 33.2 Å². The van der Waals surface area contributed by atoms with Crippen LogP contribution >= 0.6 is 39.0 Å². The highest BCUT2D eigenvalue weighted by Gasteiger charge is 2.07. The Labute approximate surface area is 110 Å². The Balaban J connectivity index is 2.27. The second-order valence-corrected chi connectivity index (χ2v) is 6.49. The highest BCUT2D eigenvalue weighted by Crippen LogP contribution is 2.33. The number of nitrogens with zero attached hydrogens (tertiary/aromatic N) is 2. The number of hydrogen-bond donors (Lipinski definition) is 1. The van der Waals surface area contributed by atoms with Gasteiger partial charge >= 0.3 is 0 Å². The number of aliphatic hydroxyl groups is 1. The van der Waals surface area contributed by atoms with Crippen LogP contribution in [-0.4, -0.2) is 15.3 Å². The average molecular weight is 317 g/mol. The molecule has 0 aliphatic heterocycles. The van der Waals surface area contributed by atoms with E-state index in [1.165, 1.54) is 11.8 Å². The molecule has 0 amide bonds. The molecule has 0 radical (unpaired) electrons. The van der Waals surface area contributed by atoms with Crippen LogP contribution in [0.1, 0.15) is 10.6 Å². The first-order chi connectivity index (χ1) is 7.69. The zero-order valence-electron chi connectivity index (χ0n) is 8.48. The van der Waals surface area contributed by atoms with Crippen LogP contribution in [0.3, 0.4) is 0 Å². The van der Waals surface area contributed by atoms with Crippen molar-refractivity contribution in [3.63, 3.8) is 0 Å². The van der Waals surface area contributed by atoms with Gasteiger partial charge in [-0.3, -0.25) is 0 Å². The number of benzene rings is 1. The summed E-state index contributed by atoms with van der Waals surface area (Å²) in [5.74, 6) is 0. The fraction of sp³-hybridized carbons (Fsp3) is 0.200. The monoisotopic (exact) mass is 316 g/mol. The number of hydrogen-bond acceptors (Lipinski definition) is 5. The smallest absolute Gasteiger partial charge is 0.179 e. The zero-order valence-corrected chi connectivity index (χ0v) is 11.7. The molecule has 2 rings (SSSR count). The minimum absolute atomic E-state index is 0.0273. The second-order valence-electron chi connectivity index (χ2n) is 3.10. The number of halogens is 1. The van der Waals surface area contributed by atoms with Gasteiger partial charge in [0.15, 0.2) is 4.34 Å². The summed E-state index contributed by atoms with van der Waals surface area (Å²) >= 11 is 6.47. The maximum Gasteiger partial charge on any atom is 0.179 e. The predicted octanol–water partition coefficient (Wildman–Crippen LogP) is 3.25. The van der Waals surface area contributed by atoms with E-state index in [0.717, 1.165) is 24.3 Å². The molecule has 6 heteroatoms. The molecule has 0 unspecified atom stereocenters. The largest absolute Gasteiger partial charge is 0.392 e. The van der Waals surface area contributed by atoms with Gasteiger partial charge in [-0.2, -0.15) is 0 Å². The standard InChI is InChI=1S/C10H9BrN2OS2/c1-6-12-13-10(15-6)16-9-3-2-8(11)4-7(9)5-14/h2-4,14H,5H2,1H3. The Bertz CT molecular complexity index is 501. The third kappa shape index (κ3) is 2.82. The van der Waals surface area contributed by atoms with Crippen LogP contribution in [0.5, 0.6) is 0 Å². The molecule has 1 aromatic heterocycles. The third-order valence-corrected chi connectivity index (χ3v) is 4.40. The van der Waals surface area contributed by atoms with Gasteiger partial charge < -0.3 is 5.11 Å². The molecule has 84 valence electrons. The lowest BCUT2D eigenvalue weighted by Crippen LogP contribution is -1.87. The molecule has 0 saturated heterocycles. The van der Waals surface area contributed by atoms with Crippen LogP contribution in [0.15, 0.2) is 31.9 Å². The van der Waals surface area contributed by atoms with E-state index in [0.29, 0.717) is 0 Å². The van der Waals surface area contributed by atoms with E-state index < -0.39 is 0 Å². The predicted molar refractivity (Wildman–Crippen MR) is 68.8 cm³/mol. The number of aromatic nitrogens is 2.